The van der Waals surface area contributed by atoms with E-state index in [2.05, 4.69) is 25.9 Å². The third-order valence-corrected chi connectivity index (χ3v) is 7.88. The number of rotatable bonds is 9. The summed E-state index contributed by atoms with van der Waals surface area (Å²) in [7, 11) is 0. The van der Waals surface area contributed by atoms with Crippen LogP contribution in [0.15, 0.2) is 24.5 Å². The van der Waals surface area contributed by atoms with Gasteiger partial charge in [0.1, 0.15) is 21.7 Å². The first-order chi connectivity index (χ1) is 20.3. The number of anilines is 2. The number of aromatic nitrogens is 2. The van der Waals surface area contributed by atoms with Crippen molar-refractivity contribution < 1.29 is 19.1 Å². The molecule has 0 spiro atoms. The highest BCUT2D eigenvalue weighted by Crippen LogP contribution is 2.38. The number of likely N-dealkylation sites (tertiary alicyclic amines) is 2. The van der Waals surface area contributed by atoms with Crippen molar-refractivity contribution in [2.24, 2.45) is 5.73 Å². The molecule has 4 rings (SSSR count). The molecule has 3 amide bonds. The van der Waals surface area contributed by atoms with Gasteiger partial charge in [-0.15, -0.1) is 0 Å². The zero-order valence-electron chi connectivity index (χ0n) is 24.1. The smallest absolute Gasteiger partial charge is 0.408 e. The van der Waals surface area contributed by atoms with Crippen molar-refractivity contribution in [3.05, 3.63) is 44.9 Å². The van der Waals surface area contributed by atoms with Crippen LogP contribution in [0.3, 0.4) is 0 Å². The Morgan fingerprint density at radius 2 is 1.51 bits per heavy atom. The highest BCUT2D eigenvalue weighted by Gasteiger charge is 2.33. The van der Waals surface area contributed by atoms with Crippen LogP contribution >= 0.6 is 46.4 Å². The van der Waals surface area contributed by atoms with E-state index in [1.165, 1.54) is 0 Å². The van der Waals surface area contributed by atoms with Crippen molar-refractivity contribution in [3.8, 4) is 0 Å². The maximum atomic E-state index is 12.4. The third kappa shape index (κ3) is 10.4. The second-order valence-corrected chi connectivity index (χ2v) is 12.3. The van der Waals surface area contributed by atoms with E-state index in [0.29, 0.717) is 38.3 Å². The topological polar surface area (TPSA) is 155 Å². The molecule has 43 heavy (non-hydrogen) atoms. The Bertz CT molecular complexity index is 1260. The summed E-state index contributed by atoms with van der Waals surface area (Å²) in [5, 5.41) is 9.23. The van der Waals surface area contributed by atoms with Gasteiger partial charge < -0.3 is 36.2 Å². The van der Waals surface area contributed by atoms with Crippen molar-refractivity contribution in [1.82, 2.24) is 25.1 Å². The molecule has 0 bridgehead atoms. The fourth-order valence-corrected chi connectivity index (χ4v) is 5.15. The average molecular weight is 678 g/mol. The molecule has 0 radical (unpaired) electrons. The Morgan fingerprint density at radius 1 is 0.953 bits per heavy atom. The van der Waals surface area contributed by atoms with E-state index in [-0.39, 0.29) is 38.2 Å². The first-order valence-corrected chi connectivity index (χ1v) is 15.2. The molecule has 5 N–H and O–H groups in total. The van der Waals surface area contributed by atoms with Gasteiger partial charge in [-0.25, -0.2) is 9.78 Å². The molecule has 2 aromatic rings. The fourth-order valence-electron chi connectivity index (χ4n) is 4.29. The molecule has 0 unspecified atom stereocenters. The second-order valence-electron chi connectivity index (χ2n) is 10.8. The summed E-state index contributed by atoms with van der Waals surface area (Å²) in [4.78, 5) is 46.9. The van der Waals surface area contributed by atoms with Crippen molar-refractivity contribution in [2.75, 3.05) is 49.9 Å². The van der Waals surface area contributed by atoms with Crippen LogP contribution in [0.4, 0.5) is 16.2 Å². The number of nitrogens with zero attached hydrogens (tertiary/aromatic N) is 4. The molecule has 2 aliphatic rings. The molecular weight excluding hydrogens is 642 g/mol. The normalized spacial score (nSPS) is 18.3. The predicted octanol–water partition coefficient (Wildman–Crippen LogP) is 4.29. The minimum atomic E-state index is -0.624. The minimum absolute atomic E-state index is 0.0347. The molecule has 236 valence electrons. The van der Waals surface area contributed by atoms with E-state index in [1.54, 1.807) is 43.0 Å². The van der Waals surface area contributed by atoms with Crippen LogP contribution in [0.1, 0.15) is 33.6 Å². The molecule has 12 nitrogen and oxygen atoms in total. The number of hydrogen-bond acceptors (Lipinski definition) is 9. The standard InChI is InChI=1S/C16H20Cl4N4O3.C11H16N4O/c1-16(2,3)27-15(26)22-8-4-6-24(14(8)25)7-5-21-11-9(17)12(19)23-13(20)10(11)18;12-10-3-7-15(11(10)16)8-6-14-9-1-4-13-5-2-9/h8H,4-7H2,1-3H3,(H,21,23)(H,22,26);1-2,4-5,10H,3,6-8,12H2,(H,13,14)/t8-;10-/m00/s1. The van der Waals surface area contributed by atoms with Gasteiger partial charge in [0.15, 0.2) is 10.3 Å². The van der Waals surface area contributed by atoms with E-state index in [1.807, 2.05) is 12.1 Å². The Labute approximate surface area is 270 Å². The van der Waals surface area contributed by atoms with Crippen LogP contribution in [0.5, 0.6) is 0 Å². The number of carbonyl (C=O) groups is 3. The first-order valence-electron chi connectivity index (χ1n) is 13.7. The quantitative estimate of drug-likeness (QED) is 0.285. The second kappa shape index (κ2) is 15.8. The lowest BCUT2D eigenvalue weighted by Gasteiger charge is -2.22. The van der Waals surface area contributed by atoms with Gasteiger partial charge in [0, 0.05) is 57.3 Å². The van der Waals surface area contributed by atoms with Gasteiger partial charge in [0.05, 0.1) is 11.7 Å². The number of hydrogen-bond donors (Lipinski definition) is 4. The van der Waals surface area contributed by atoms with E-state index in [9.17, 15) is 14.4 Å². The van der Waals surface area contributed by atoms with Crippen LogP contribution in [-0.4, -0.2) is 94.6 Å². The summed E-state index contributed by atoms with van der Waals surface area (Å²) in [6, 6.07) is 2.91. The maximum absolute atomic E-state index is 12.4. The van der Waals surface area contributed by atoms with Crippen LogP contribution < -0.4 is 21.7 Å². The molecule has 0 saturated carbocycles. The van der Waals surface area contributed by atoms with Crippen LogP contribution in [0.2, 0.25) is 20.4 Å². The van der Waals surface area contributed by atoms with Crippen molar-refractivity contribution in [3.63, 3.8) is 0 Å². The van der Waals surface area contributed by atoms with E-state index in [0.717, 1.165) is 25.2 Å². The van der Waals surface area contributed by atoms with Gasteiger partial charge in [-0.05, 0) is 45.7 Å². The number of ether oxygens (including phenoxy) is 1. The van der Waals surface area contributed by atoms with E-state index in [4.69, 9.17) is 56.9 Å². The molecule has 0 aliphatic carbocycles. The van der Waals surface area contributed by atoms with Crippen molar-refractivity contribution in [1.29, 1.82) is 0 Å². The van der Waals surface area contributed by atoms with E-state index < -0.39 is 17.7 Å². The number of carbonyl (C=O) groups excluding carboxylic acids is 3. The molecular formula is C27H36Cl4N8O4. The molecule has 2 saturated heterocycles. The van der Waals surface area contributed by atoms with Gasteiger partial charge in [-0.2, -0.15) is 0 Å². The molecule has 2 fully saturated rings. The monoisotopic (exact) mass is 676 g/mol. The Balaban J connectivity index is 0.000000268. The number of halogens is 4. The Kier molecular flexibility index (Phi) is 12.8. The Hall–Kier alpha value is -2.77. The molecule has 2 atom stereocenters. The summed E-state index contributed by atoms with van der Waals surface area (Å²) in [6.07, 6.45) is 4.14. The highest BCUT2D eigenvalue weighted by molar-refractivity contribution is 6.48. The van der Waals surface area contributed by atoms with Crippen molar-refractivity contribution in [2.45, 2.75) is 51.3 Å². The van der Waals surface area contributed by atoms with Gasteiger partial charge in [0.25, 0.3) is 0 Å². The first kappa shape index (κ1) is 34.7. The summed E-state index contributed by atoms with van der Waals surface area (Å²) >= 11 is 24.0. The van der Waals surface area contributed by atoms with Crippen LogP contribution in [0, 0.1) is 0 Å². The number of amides is 3. The summed E-state index contributed by atoms with van der Waals surface area (Å²) in [6.45, 7) is 8.75. The molecule has 2 aromatic heterocycles. The zero-order chi connectivity index (χ0) is 31.7. The molecule has 16 heteroatoms. The molecule has 4 heterocycles. The fraction of sp³-hybridized carbons (Fsp3) is 0.519. The largest absolute Gasteiger partial charge is 0.444 e. The number of nitrogens with two attached hydrogens (primary N) is 1. The van der Waals surface area contributed by atoms with Crippen LogP contribution in [0.25, 0.3) is 0 Å². The predicted molar refractivity (Wildman–Crippen MR) is 169 cm³/mol. The van der Waals surface area contributed by atoms with Crippen LogP contribution in [-0.2, 0) is 14.3 Å². The molecule has 2 aliphatic heterocycles. The van der Waals surface area contributed by atoms with Crippen molar-refractivity contribution >= 4 is 75.7 Å². The van der Waals surface area contributed by atoms with Gasteiger partial charge in [-0.1, -0.05) is 46.4 Å². The number of nitrogens with one attached hydrogen (secondary N) is 3. The Morgan fingerprint density at radius 3 is 2.07 bits per heavy atom. The lowest BCUT2D eigenvalue weighted by molar-refractivity contribution is -0.129. The number of pyridine rings is 2. The average Bonchev–Trinajstić information content (AvgIpc) is 3.45. The molecule has 0 aromatic carbocycles. The lowest BCUT2D eigenvalue weighted by atomic mass is 10.2. The number of alkyl carbamates (subject to hydrolysis) is 1. The lowest BCUT2D eigenvalue weighted by Crippen LogP contribution is -2.44. The minimum Gasteiger partial charge on any atom is -0.444 e. The third-order valence-electron chi connectivity index (χ3n) is 6.40. The van der Waals surface area contributed by atoms with E-state index >= 15 is 0 Å². The van der Waals surface area contributed by atoms with Gasteiger partial charge >= 0.3 is 6.09 Å². The van der Waals surface area contributed by atoms with Gasteiger partial charge in [-0.3, -0.25) is 14.6 Å². The SMILES string of the molecule is CC(C)(C)OC(=O)N[C@H]1CCN(CCNc2c(Cl)c(Cl)nc(Cl)c2Cl)C1=O.N[C@H]1CCN(CCNc2ccncc2)C1=O. The summed E-state index contributed by atoms with van der Waals surface area (Å²) in [5.74, 6) is -0.109. The van der Waals surface area contributed by atoms with Gasteiger partial charge in [0.2, 0.25) is 11.8 Å². The zero-order valence-corrected chi connectivity index (χ0v) is 27.2. The summed E-state index contributed by atoms with van der Waals surface area (Å²) < 4.78 is 5.18. The highest BCUT2D eigenvalue weighted by atomic mass is 35.5. The maximum Gasteiger partial charge on any atom is 0.408 e. The summed E-state index contributed by atoms with van der Waals surface area (Å²) in [5.41, 5.74) is 6.39.